The van der Waals surface area contributed by atoms with E-state index in [1.165, 1.54) is 6.08 Å². The molecule has 1 aromatic carbocycles. The number of hydrogen-bond acceptors (Lipinski definition) is 3. The maximum absolute atomic E-state index is 12.1. The molecule has 0 radical (unpaired) electrons. The maximum atomic E-state index is 12.1. The Morgan fingerprint density at radius 3 is 2.62 bits per heavy atom. The Labute approximate surface area is 142 Å². The van der Waals surface area contributed by atoms with Crippen molar-refractivity contribution in [1.29, 1.82) is 0 Å². The number of benzene rings is 1. The summed E-state index contributed by atoms with van der Waals surface area (Å²) >= 11 is 0. The second-order valence-electron chi connectivity index (χ2n) is 6.91. The zero-order valence-corrected chi connectivity index (χ0v) is 14.0. The minimum absolute atomic E-state index is 0.0458. The lowest BCUT2D eigenvalue weighted by Gasteiger charge is -2.28. The van der Waals surface area contributed by atoms with Crippen LogP contribution in [0.5, 0.6) is 0 Å². The van der Waals surface area contributed by atoms with E-state index in [1.807, 2.05) is 31.2 Å². The van der Waals surface area contributed by atoms with Gasteiger partial charge in [0.2, 0.25) is 11.8 Å². The van der Waals surface area contributed by atoms with Gasteiger partial charge in [-0.2, -0.15) is 0 Å². The summed E-state index contributed by atoms with van der Waals surface area (Å²) in [5.74, 6) is 0.343. The molecular weight excluding hydrogens is 304 g/mol. The van der Waals surface area contributed by atoms with E-state index in [1.54, 1.807) is 11.0 Å². The minimum Gasteiger partial charge on any atom is -0.394 e. The largest absolute Gasteiger partial charge is 0.394 e. The van der Waals surface area contributed by atoms with Gasteiger partial charge in [-0.25, -0.2) is 0 Å². The van der Waals surface area contributed by atoms with Crippen molar-refractivity contribution in [3.8, 4) is 0 Å². The van der Waals surface area contributed by atoms with Gasteiger partial charge in [-0.3, -0.25) is 9.59 Å². The van der Waals surface area contributed by atoms with Crippen LogP contribution in [-0.4, -0.2) is 35.6 Å². The number of anilines is 1. The molecule has 1 aliphatic carbocycles. The van der Waals surface area contributed by atoms with Gasteiger partial charge < -0.3 is 15.3 Å². The van der Waals surface area contributed by atoms with Gasteiger partial charge in [0.1, 0.15) is 0 Å². The number of carbonyl (C=O) groups excluding carboxylic acids is 2. The highest BCUT2D eigenvalue weighted by Crippen LogP contribution is 2.39. The fourth-order valence-electron chi connectivity index (χ4n) is 3.17. The summed E-state index contributed by atoms with van der Waals surface area (Å²) in [6.07, 6.45) is 6.87. The summed E-state index contributed by atoms with van der Waals surface area (Å²) in [6, 6.07) is 7.61. The van der Waals surface area contributed by atoms with E-state index in [-0.39, 0.29) is 18.4 Å². The van der Waals surface area contributed by atoms with Crippen LogP contribution in [-0.2, 0) is 9.59 Å². The molecule has 2 N–H and O–H groups in total. The summed E-state index contributed by atoms with van der Waals surface area (Å²) in [7, 11) is 0. The first-order valence-corrected chi connectivity index (χ1v) is 8.53. The third kappa shape index (κ3) is 3.67. The minimum atomic E-state index is -0.526. The first kappa shape index (κ1) is 16.7. The van der Waals surface area contributed by atoms with Gasteiger partial charge in [0.25, 0.3) is 0 Å². The molecule has 1 unspecified atom stereocenters. The predicted octanol–water partition coefficient (Wildman–Crippen LogP) is 2.10. The van der Waals surface area contributed by atoms with Gasteiger partial charge in [-0.05, 0) is 55.9 Å². The van der Waals surface area contributed by atoms with Crippen LogP contribution < -0.4 is 10.2 Å². The third-order valence-corrected chi connectivity index (χ3v) is 4.92. The Kier molecular flexibility index (Phi) is 4.71. The highest BCUT2D eigenvalue weighted by atomic mass is 16.3. The van der Waals surface area contributed by atoms with Crippen LogP contribution in [0.15, 0.2) is 30.3 Å². The van der Waals surface area contributed by atoms with Crippen molar-refractivity contribution in [3.63, 3.8) is 0 Å². The monoisotopic (exact) mass is 328 g/mol. The molecule has 0 aromatic heterocycles. The molecule has 1 saturated carbocycles. The SMILES string of the molecule is CC(CO)(NC(=O)/C=C/c1ccc(N2CCCC2=O)cc1)C1CC1. The molecule has 0 bridgehead atoms. The lowest BCUT2D eigenvalue weighted by molar-refractivity contribution is -0.119. The number of aliphatic hydroxyl groups is 1. The summed E-state index contributed by atoms with van der Waals surface area (Å²) in [5, 5.41) is 12.4. The van der Waals surface area contributed by atoms with Crippen molar-refractivity contribution in [2.45, 2.75) is 38.1 Å². The van der Waals surface area contributed by atoms with Gasteiger partial charge >= 0.3 is 0 Å². The maximum Gasteiger partial charge on any atom is 0.244 e. The average Bonchev–Trinajstić information content (AvgIpc) is 3.36. The molecule has 1 saturated heterocycles. The fourth-order valence-corrected chi connectivity index (χ4v) is 3.17. The van der Waals surface area contributed by atoms with Crippen LogP contribution in [0.4, 0.5) is 5.69 Å². The van der Waals surface area contributed by atoms with Gasteiger partial charge in [0.05, 0.1) is 12.1 Å². The number of rotatable bonds is 6. The molecule has 3 rings (SSSR count). The molecule has 1 heterocycles. The molecular formula is C19H24N2O3. The van der Waals surface area contributed by atoms with E-state index in [0.29, 0.717) is 12.3 Å². The van der Waals surface area contributed by atoms with E-state index in [2.05, 4.69) is 5.32 Å². The van der Waals surface area contributed by atoms with E-state index < -0.39 is 5.54 Å². The molecule has 1 aromatic rings. The van der Waals surface area contributed by atoms with E-state index in [4.69, 9.17) is 0 Å². The summed E-state index contributed by atoms with van der Waals surface area (Å²) in [6.45, 7) is 2.62. The van der Waals surface area contributed by atoms with Gasteiger partial charge in [-0.15, -0.1) is 0 Å². The van der Waals surface area contributed by atoms with Crippen molar-refractivity contribution in [1.82, 2.24) is 5.32 Å². The second kappa shape index (κ2) is 6.77. The smallest absolute Gasteiger partial charge is 0.244 e. The van der Waals surface area contributed by atoms with Crippen LogP contribution in [0, 0.1) is 5.92 Å². The van der Waals surface area contributed by atoms with Gasteiger partial charge in [-0.1, -0.05) is 12.1 Å². The summed E-state index contributed by atoms with van der Waals surface area (Å²) < 4.78 is 0. The van der Waals surface area contributed by atoms with Crippen molar-refractivity contribution < 1.29 is 14.7 Å². The highest BCUT2D eigenvalue weighted by molar-refractivity contribution is 5.95. The van der Waals surface area contributed by atoms with Crippen molar-refractivity contribution in [2.75, 3.05) is 18.1 Å². The Hall–Kier alpha value is -2.14. The molecule has 0 spiro atoms. The lowest BCUT2D eigenvalue weighted by Crippen LogP contribution is -2.50. The molecule has 128 valence electrons. The van der Waals surface area contributed by atoms with E-state index in [9.17, 15) is 14.7 Å². The molecule has 5 nitrogen and oxygen atoms in total. The molecule has 2 fully saturated rings. The fraction of sp³-hybridized carbons (Fsp3) is 0.474. The van der Waals surface area contributed by atoms with Crippen molar-refractivity contribution >= 4 is 23.6 Å². The first-order valence-electron chi connectivity index (χ1n) is 8.53. The molecule has 2 aliphatic rings. The molecule has 1 aliphatic heterocycles. The highest BCUT2D eigenvalue weighted by Gasteiger charge is 2.41. The topological polar surface area (TPSA) is 69.6 Å². The predicted molar refractivity (Wildman–Crippen MR) is 93.4 cm³/mol. The number of carbonyl (C=O) groups is 2. The van der Waals surface area contributed by atoms with Crippen LogP contribution in [0.1, 0.15) is 38.2 Å². The van der Waals surface area contributed by atoms with Gasteiger partial charge in [0.15, 0.2) is 0 Å². The van der Waals surface area contributed by atoms with E-state index in [0.717, 1.165) is 37.1 Å². The number of hydrogen-bond donors (Lipinski definition) is 2. The molecule has 1 atom stereocenters. The summed E-state index contributed by atoms with van der Waals surface area (Å²) in [5.41, 5.74) is 1.28. The Balaban J connectivity index is 1.60. The van der Waals surface area contributed by atoms with Crippen molar-refractivity contribution in [3.05, 3.63) is 35.9 Å². The number of nitrogens with one attached hydrogen (secondary N) is 1. The van der Waals surface area contributed by atoms with Gasteiger partial charge in [0, 0.05) is 24.7 Å². The zero-order valence-electron chi connectivity index (χ0n) is 14.0. The standard InChI is InChI=1S/C19H24N2O3/c1-19(13-22,15-7-8-15)20-17(23)11-6-14-4-9-16(10-5-14)21-12-2-3-18(21)24/h4-6,9-11,15,22H,2-3,7-8,12-13H2,1H3,(H,20,23)/b11-6+. The van der Waals surface area contributed by atoms with E-state index >= 15 is 0 Å². The van der Waals surface area contributed by atoms with Crippen molar-refractivity contribution in [2.24, 2.45) is 5.92 Å². The first-order chi connectivity index (χ1) is 11.5. The van der Waals surface area contributed by atoms with Crippen LogP contribution in [0.2, 0.25) is 0 Å². The lowest BCUT2D eigenvalue weighted by atomic mass is 9.97. The Bertz CT molecular complexity index is 649. The Morgan fingerprint density at radius 2 is 2.08 bits per heavy atom. The molecule has 24 heavy (non-hydrogen) atoms. The summed E-state index contributed by atoms with van der Waals surface area (Å²) in [4.78, 5) is 25.6. The van der Waals surface area contributed by atoms with Crippen LogP contribution >= 0.6 is 0 Å². The second-order valence-corrected chi connectivity index (χ2v) is 6.91. The Morgan fingerprint density at radius 1 is 1.38 bits per heavy atom. The van der Waals surface area contributed by atoms with Crippen LogP contribution in [0.3, 0.4) is 0 Å². The molecule has 2 amide bonds. The average molecular weight is 328 g/mol. The number of nitrogens with zero attached hydrogens (tertiary/aromatic N) is 1. The zero-order chi connectivity index (χ0) is 17.2. The number of amides is 2. The normalized spacial score (nSPS) is 20.4. The van der Waals surface area contributed by atoms with Crippen LogP contribution in [0.25, 0.3) is 6.08 Å². The quantitative estimate of drug-likeness (QED) is 0.786. The third-order valence-electron chi connectivity index (χ3n) is 4.92. The number of aliphatic hydroxyl groups excluding tert-OH is 1. The molecule has 5 heteroatoms.